The molecule has 0 aliphatic rings. The van der Waals surface area contributed by atoms with Crippen LogP contribution in [0.5, 0.6) is 0 Å². The Kier molecular flexibility index (Phi) is 9.11. The van der Waals surface area contributed by atoms with E-state index < -0.39 is 10.1 Å². The highest BCUT2D eigenvalue weighted by Crippen LogP contribution is 2.19. The van der Waals surface area contributed by atoms with E-state index in [9.17, 15) is 13.2 Å². The largest absolute Gasteiger partial charge is 0.459 e. The van der Waals surface area contributed by atoms with Crippen LogP contribution in [0.1, 0.15) is 43.5 Å². The van der Waals surface area contributed by atoms with E-state index in [0.29, 0.717) is 12.2 Å². The summed E-state index contributed by atoms with van der Waals surface area (Å²) < 4.78 is 31.2. The highest BCUT2D eigenvalue weighted by molar-refractivity contribution is 7.85. The number of aromatic nitrogens is 1. The van der Waals surface area contributed by atoms with Crippen molar-refractivity contribution in [3.8, 4) is 0 Å². The van der Waals surface area contributed by atoms with Crippen molar-refractivity contribution in [2.45, 2.75) is 39.7 Å². The summed E-state index contributed by atoms with van der Waals surface area (Å²) in [4.78, 5) is 16.3. The number of benzene rings is 1. The molecule has 1 aromatic carbocycles. The number of pyridine rings is 1. The van der Waals surface area contributed by atoms with Crippen LogP contribution in [0.2, 0.25) is 0 Å². The third-order valence-corrected chi connectivity index (χ3v) is 3.57. The molecule has 6 nitrogen and oxygen atoms in total. The molecular weight excluding hydrogens is 366 g/mol. The van der Waals surface area contributed by atoms with Crippen molar-refractivity contribution >= 4 is 16.1 Å². The molecule has 0 fully saturated rings. The molecule has 0 aliphatic heterocycles. The van der Waals surface area contributed by atoms with Gasteiger partial charge in [-0.05, 0) is 42.5 Å². The summed E-state index contributed by atoms with van der Waals surface area (Å²) in [5.74, 6) is 0.144. The van der Waals surface area contributed by atoms with Crippen LogP contribution in [0.15, 0.2) is 48.7 Å². The van der Waals surface area contributed by atoms with E-state index >= 15 is 0 Å². The third kappa shape index (κ3) is 10.5. The maximum atomic E-state index is 12.1. The van der Waals surface area contributed by atoms with Crippen molar-refractivity contribution in [2.75, 3.05) is 6.26 Å². The molecule has 0 saturated carbocycles. The molecule has 1 atom stereocenters. The smallest absolute Gasteiger partial charge is 0.313 e. The molecule has 0 aliphatic carbocycles. The zero-order valence-electron chi connectivity index (χ0n) is 16.1. The van der Waals surface area contributed by atoms with Gasteiger partial charge in [0.1, 0.15) is 6.61 Å². The van der Waals surface area contributed by atoms with Crippen molar-refractivity contribution in [1.29, 1.82) is 0 Å². The number of nitrogens with zero attached hydrogens (tertiary/aromatic N) is 1. The second kappa shape index (κ2) is 10.8. The fourth-order valence-electron chi connectivity index (χ4n) is 2.30. The molecule has 0 bridgehead atoms. The lowest BCUT2D eigenvalue weighted by Crippen LogP contribution is -2.13. The first-order chi connectivity index (χ1) is 12.6. The van der Waals surface area contributed by atoms with Crippen LogP contribution in [0.3, 0.4) is 0 Å². The number of hydrogen-bond donors (Lipinski definition) is 1. The molecule has 2 aromatic rings. The molecule has 0 amide bonds. The van der Waals surface area contributed by atoms with Gasteiger partial charge in [0.25, 0.3) is 10.1 Å². The molecule has 7 heteroatoms. The first-order valence-electron chi connectivity index (χ1n) is 8.64. The highest BCUT2D eigenvalue weighted by atomic mass is 32.2. The Morgan fingerprint density at radius 3 is 2.19 bits per heavy atom. The number of hydrogen-bond acceptors (Lipinski definition) is 5. The molecule has 1 unspecified atom stereocenters. The Hall–Kier alpha value is -2.25. The van der Waals surface area contributed by atoms with E-state index in [1.165, 1.54) is 5.56 Å². The lowest BCUT2D eigenvalue weighted by Gasteiger charge is -2.13. The van der Waals surface area contributed by atoms with E-state index in [4.69, 9.17) is 9.29 Å². The van der Waals surface area contributed by atoms with E-state index in [2.05, 4.69) is 31.0 Å². The Bertz CT molecular complexity index is 794. The van der Waals surface area contributed by atoms with Gasteiger partial charge in [-0.1, -0.05) is 44.2 Å². The molecule has 0 saturated heterocycles. The van der Waals surface area contributed by atoms with Crippen molar-refractivity contribution in [1.82, 2.24) is 4.98 Å². The van der Waals surface area contributed by atoms with Gasteiger partial charge in [-0.15, -0.1) is 0 Å². The number of carbonyl (C=O) groups excluding carboxylic acids is 1. The van der Waals surface area contributed by atoms with Gasteiger partial charge in [-0.2, -0.15) is 8.42 Å². The standard InChI is InChI=1S/C19H23NO2.CH4O3S/c1-14(2)12-16-7-9-17(10-8-16)15(3)19(21)22-13-18-6-4-5-11-20-18;1-5(2,3)4/h4-11,14-15H,12-13H2,1-3H3;1H3,(H,2,3,4). The van der Waals surface area contributed by atoms with Gasteiger partial charge < -0.3 is 4.74 Å². The molecule has 1 aromatic heterocycles. The molecule has 1 heterocycles. The van der Waals surface area contributed by atoms with Gasteiger partial charge in [0.2, 0.25) is 0 Å². The van der Waals surface area contributed by atoms with E-state index in [1.54, 1.807) is 6.20 Å². The normalized spacial score (nSPS) is 12.1. The summed E-state index contributed by atoms with van der Waals surface area (Å²) in [6.07, 6.45) is 3.46. The van der Waals surface area contributed by atoms with Crippen molar-refractivity contribution < 1.29 is 22.5 Å². The second-order valence-electron chi connectivity index (χ2n) is 6.72. The maximum Gasteiger partial charge on any atom is 0.313 e. The van der Waals surface area contributed by atoms with Crippen LogP contribution in [-0.2, 0) is 32.7 Å². The fraction of sp³-hybridized carbons (Fsp3) is 0.400. The van der Waals surface area contributed by atoms with Gasteiger partial charge in [-0.3, -0.25) is 14.3 Å². The summed E-state index contributed by atoms with van der Waals surface area (Å²) >= 11 is 0. The zero-order chi connectivity index (χ0) is 20.4. The number of esters is 1. The number of ether oxygens (including phenoxy) is 1. The van der Waals surface area contributed by atoms with Crippen LogP contribution in [0.25, 0.3) is 0 Å². The van der Waals surface area contributed by atoms with Gasteiger partial charge in [0, 0.05) is 6.20 Å². The lowest BCUT2D eigenvalue weighted by molar-refractivity contribution is -0.146. The van der Waals surface area contributed by atoms with Gasteiger partial charge in [0.05, 0.1) is 17.9 Å². The van der Waals surface area contributed by atoms with Crippen LogP contribution in [0.4, 0.5) is 0 Å². The van der Waals surface area contributed by atoms with Crippen LogP contribution < -0.4 is 0 Å². The van der Waals surface area contributed by atoms with Crippen molar-refractivity contribution in [2.24, 2.45) is 5.92 Å². The quantitative estimate of drug-likeness (QED) is 0.595. The first-order valence-corrected chi connectivity index (χ1v) is 10.5. The predicted molar refractivity (Wildman–Crippen MR) is 105 cm³/mol. The average Bonchev–Trinajstić information content (AvgIpc) is 2.58. The van der Waals surface area contributed by atoms with Crippen molar-refractivity contribution in [3.05, 3.63) is 65.5 Å². The Morgan fingerprint density at radius 1 is 1.11 bits per heavy atom. The van der Waals surface area contributed by atoms with Crippen LogP contribution in [0, 0.1) is 5.92 Å². The minimum atomic E-state index is -3.67. The molecule has 27 heavy (non-hydrogen) atoms. The lowest BCUT2D eigenvalue weighted by atomic mass is 9.97. The van der Waals surface area contributed by atoms with E-state index in [0.717, 1.165) is 17.7 Å². The minimum absolute atomic E-state index is 0.218. The van der Waals surface area contributed by atoms with E-state index in [1.807, 2.05) is 37.3 Å². The average molecular weight is 394 g/mol. The predicted octanol–water partition coefficient (Wildman–Crippen LogP) is 3.63. The molecule has 148 valence electrons. The van der Waals surface area contributed by atoms with Gasteiger partial charge >= 0.3 is 5.97 Å². The molecular formula is C20H27NO5S. The van der Waals surface area contributed by atoms with Gasteiger partial charge in [0.15, 0.2) is 0 Å². The van der Waals surface area contributed by atoms with Crippen LogP contribution >= 0.6 is 0 Å². The van der Waals surface area contributed by atoms with Gasteiger partial charge in [-0.25, -0.2) is 0 Å². The molecule has 0 spiro atoms. The number of carbonyl (C=O) groups is 1. The summed E-state index contributed by atoms with van der Waals surface area (Å²) in [5.41, 5.74) is 3.04. The van der Waals surface area contributed by atoms with E-state index in [-0.39, 0.29) is 18.5 Å². The summed E-state index contributed by atoms with van der Waals surface area (Å²) in [6.45, 7) is 6.49. The Labute approximate surface area is 161 Å². The maximum absolute atomic E-state index is 12.1. The second-order valence-corrected chi connectivity index (χ2v) is 8.19. The molecule has 0 radical (unpaired) electrons. The Morgan fingerprint density at radius 2 is 1.70 bits per heavy atom. The van der Waals surface area contributed by atoms with Crippen LogP contribution in [-0.4, -0.2) is 30.2 Å². The molecule has 1 N–H and O–H groups in total. The topological polar surface area (TPSA) is 93.6 Å². The summed E-state index contributed by atoms with van der Waals surface area (Å²) in [6, 6.07) is 13.8. The number of rotatable bonds is 6. The van der Waals surface area contributed by atoms with Crippen molar-refractivity contribution in [3.63, 3.8) is 0 Å². The third-order valence-electron chi connectivity index (χ3n) is 3.57. The fourth-order valence-corrected chi connectivity index (χ4v) is 2.30. The zero-order valence-corrected chi connectivity index (χ0v) is 16.9. The Balaban J connectivity index is 0.000000646. The molecule has 2 rings (SSSR count). The minimum Gasteiger partial charge on any atom is -0.459 e. The summed E-state index contributed by atoms with van der Waals surface area (Å²) in [7, 11) is -3.67. The first kappa shape index (κ1) is 22.8. The SMILES string of the molecule is CC(C)Cc1ccc(C(C)C(=O)OCc2ccccn2)cc1.CS(=O)(=O)O. The summed E-state index contributed by atoms with van der Waals surface area (Å²) in [5, 5.41) is 0. The highest BCUT2D eigenvalue weighted by Gasteiger charge is 2.17. The monoisotopic (exact) mass is 393 g/mol.